The van der Waals surface area contributed by atoms with Crippen molar-refractivity contribution in [3.8, 4) is 11.5 Å². The van der Waals surface area contributed by atoms with E-state index in [1.54, 1.807) is 54.6 Å². The van der Waals surface area contributed by atoms with Crippen molar-refractivity contribution >= 4 is 34.5 Å². The molecule has 0 fully saturated rings. The molecule has 0 bridgehead atoms. The molecule has 1 heterocycles. The first-order chi connectivity index (χ1) is 18.0. The minimum absolute atomic E-state index is 0.0459. The molecular formula is C26H22FN5O4S. The van der Waals surface area contributed by atoms with Crippen molar-refractivity contribution in [2.45, 2.75) is 13.0 Å². The van der Waals surface area contributed by atoms with Gasteiger partial charge in [0.1, 0.15) is 17.4 Å². The van der Waals surface area contributed by atoms with Crippen LogP contribution in [0.3, 0.4) is 0 Å². The molecular weight excluding hydrogens is 497 g/mol. The van der Waals surface area contributed by atoms with Crippen LogP contribution < -0.4 is 20.2 Å². The van der Waals surface area contributed by atoms with Gasteiger partial charge >= 0.3 is 0 Å². The Bertz CT molecular complexity index is 1390. The summed E-state index contributed by atoms with van der Waals surface area (Å²) in [5.74, 6) is -0.00700. The smallest absolute Gasteiger partial charge is 0.257 e. The molecule has 0 aliphatic carbocycles. The van der Waals surface area contributed by atoms with Crippen LogP contribution in [0.5, 0.6) is 11.5 Å². The topological polar surface area (TPSA) is 115 Å². The number of carbonyl (C=O) groups excluding carboxylic acids is 2. The molecule has 9 nitrogen and oxygen atoms in total. The molecule has 0 unspecified atom stereocenters. The van der Waals surface area contributed by atoms with Crippen molar-refractivity contribution in [1.82, 2.24) is 15.6 Å². The van der Waals surface area contributed by atoms with Crippen molar-refractivity contribution in [2.24, 2.45) is 5.10 Å². The average Bonchev–Trinajstić information content (AvgIpc) is 3.35. The second-order valence-electron chi connectivity index (χ2n) is 7.62. The number of carbonyl (C=O) groups is 2. The van der Waals surface area contributed by atoms with Crippen molar-refractivity contribution in [2.75, 3.05) is 12.4 Å². The summed E-state index contributed by atoms with van der Waals surface area (Å²) in [5.41, 5.74) is 4.43. The van der Waals surface area contributed by atoms with Crippen LogP contribution in [-0.4, -0.2) is 35.3 Å². The average molecular weight is 520 g/mol. The summed E-state index contributed by atoms with van der Waals surface area (Å²) < 4.78 is 24.2. The second-order valence-corrected chi connectivity index (χ2v) is 8.68. The van der Waals surface area contributed by atoms with Gasteiger partial charge in [-0.05, 0) is 53.6 Å². The number of methoxy groups -OCH3 is 1. The first-order valence-electron chi connectivity index (χ1n) is 11.1. The van der Waals surface area contributed by atoms with Gasteiger partial charge in [0.25, 0.3) is 5.91 Å². The van der Waals surface area contributed by atoms with Gasteiger partial charge < -0.3 is 9.47 Å². The van der Waals surface area contributed by atoms with Gasteiger partial charge in [0, 0.05) is 5.56 Å². The second kappa shape index (κ2) is 12.4. The van der Waals surface area contributed by atoms with E-state index in [0.29, 0.717) is 32.8 Å². The Kier molecular flexibility index (Phi) is 8.50. The molecule has 0 spiro atoms. The van der Waals surface area contributed by atoms with Gasteiger partial charge in [-0.15, -0.1) is 10.2 Å². The zero-order chi connectivity index (χ0) is 26.0. The van der Waals surface area contributed by atoms with Crippen LogP contribution in [0.25, 0.3) is 0 Å². The normalized spacial score (nSPS) is 10.8. The van der Waals surface area contributed by atoms with Gasteiger partial charge in [-0.25, -0.2) is 9.82 Å². The highest BCUT2D eigenvalue weighted by atomic mass is 32.1. The number of hydrogen-bond acceptors (Lipinski definition) is 8. The predicted molar refractivity (Wildman–Crippen MR) is 137 cm³/mol. The van der Waals surface area contributed by atoms with E-state index in [0.717, 1.165) is 16.9 Å². The first kappa shape index (κ1) is 25.5. The Morgan fingerprint density at radius 1 is 1.03 bits per heavy atom. The van der Waals surface area contributed by atoms with Gasteiger partial charge in [-0.3, -0.25) is 14.9 Å². The first-order valence-corrected chi connectivity index (χ1v) is 11.9. The number of nitrogens with zero attached hydrogens (tertiary/aromatic N) is 3. The van der Waals surface area contributed by atoms with Gasteiger partial charge in [0.2, 0.25) is 11.0 Å². The van der Waals surface area contributed by atoms with Gasteiger partial charge in [0.05, 0.1) is 19.7 Å². The molecule has 0 aliphatic rings. The monoisotopic (exact) mass is 519 g/mol. The van der Waals surface area contributed by atoms with Crippen LogP contribution in [0.4, 0.5) is 9.52 Å². The Labute approximate surface area is 216 Å². The number of rotatable bonds is 10. The lowest BCUT2D eigenvalue weighted by Crippen LogP contribution is -2.19. The molecule has 3 aromatic carbocycles. The van der Waals surface area contributed by atoms with Crippen molar-refractivity contribution in [1.29, 1.82) is 0 Å². The molecule has 4 rings (SSSR count). The summed E-state index contributed by atoms with van der Waals surface area (Å²) in [7, 11) is 1.52. The summed E-state index contributed by atoms with van der Waals surface area (Å²) in [5, 5.41) is 15.2. The largest absolute Gasteiger partial charge is 0.493 e. The van der Waals surface area contributed by atoms with Crippen LogP contribution in [0.1, 0.15) is 26.5 Å². The van der Waals surface area contributed by atoms with E-state index < -0.39 is 0 Å². The SMILES string of the molecule is COc1cc(/C=N\NC(=O)Cc2nnc(NC(=O)c3ccccc3)s2)ccc1OCc1ccc(F)cc1. The van der Waals surface area contributed by atoms with E-state index in [4.69, 9.17) is 9.47 Å². The highest BCUT2D eigenvalue weighted by Gasteiger charge is 2.12. The molecule has 4 aromatic rings. The van der Waals surface area contributed by atoms with Crippen LogP contribution in [0.2, 0.25) is 0 Å². The van der Waals surface area contributed by atoms with E-state index >= 15 is 0 Å². The number of benzene rings is 3. The summed E-state index contributed by atoms with van der Waals surface area (Å²) in [6.07, 6.45) is 1.42. The minimum Gasteiger partial charge on any atom is -0.493 e. The molecule has 37 heavy (non-hydrogen) atoms. The number of ether oxygens (including phenoxy) is 2. The standard InChI is InChI=1S/C26H22FN5O4S/c1-35-22-13-18(9-12-21(22)36-16-17-7-10-20(27)11-8-17)15-28-30-23(33)14-24-31-32-26(37-24)29-25(34)19-5-3-2-4-6-19/h2-13,15H,14,16H2,1H3,(H,30,33)(H,29,32,34)/b28-15-. The number of anilines is 1. The number of hydrazone groups is 1. The molecule has 1 aromatic heterocycles. The van der Waals surface area contributed by atoms with Gasteiger partial charge in [0.15, 0.2) is 11.5 Å². The Hall–Kier alpha value is -4.64. The predicted octanol–water partition coefficient (Wildman–Crippen LogP) is 4.21. The van der Waals surface area contributed by atoms with E-state index in [-0.39, 0.29) is 30.7 Å². The summed E-state index contributed by atoms with van der Waals surface area (Å²) >= 11 is 1.11. The van der Waals surface area contributed by atoms with Crippen LogP contribution in [0.15, 0.2) is 77.9 Å². The van der Waals surface area contributed by atoms with Crippen molar-refractivity contribution in [3.63, 3.8) is 0 Å². The third-order valence-electron chi connectivity index (χ3n) is 4.93. The zero-order valence-corrected chi connectivity index (χ0v) is 20.5. The lowest BCUT2D eigenvalue weighted by Gasteiger charge is -2.11. The zero-order valence-electron chi connectivity index (χ0n) is 19.7. The Morgan fingerprint density at radius 2 is 1.81 bits per heavy atom. The molecule has 188 valence electrons. The quantitative estimate of drug-likeness (QED) is 0.240. The lowest BCUT2D eigenvalue weighted by molar-refractivity contribution is -0.120. The molecule has 0 saturated carbocycles. The fourth-order valence-electron chi connectivity index (χ4n) is 3.12. The fourth-order valence-corrected chi connectivity index (χ4v) is 3.85. The van der Waals surface area contributed by atoms with E-state index in [2.05, 4.69) is 26.0 Å². The van der Waals surface area contributed by atoms with E-state index in [1.807, 2.05) is 6.07 Å². The lowest BCUT2D eigenvalue weighted by atomic mass is 10.2. The highest BCUT2D eigenvalue weighted by molar-refractivity contribution is 7.15. The van der Waals surface area contributed by atoms with Gasteiger partial charge in [-0.2, -0.15) is 5.10 Å². The minimum atomic E-state index is -0.389. The van der Waals surface area contributed by atoms with E-state index in [1.165, 1.54) is 25.5 Å². The van der Waals surface area contributed by atoms with Crippen molar-refractivity contribution in [3.05, 3.63) is 100 Å². The highest BCUT2D eigenvalue weighted by Crippen LogP contribution is 2.28. The molecule has 2 amide bonds. The molecule has 0 saturated heterocycles. The molecule has 11 heteroatoms. The molecule has 2 N–H and O–H groups in total. The maximum absolute atomic E-state index is 13.1. The summed E-state index contributed by atoms with van der Waals surface area (Å²) in [4.78, 5) is 24.4. The molecule has 0 atom stereocenters. The Balaban J connectivity index is 1.27. The maximum atomic E-state index is 13.1. The van der Waals surface area contributed by atoms with Crippen molar-refractivity contribution < 1.29 is 23.5 Å². The third kappa shape index (κ3) is 7.42. The fraction of sp³-hybridized carbons (Fsp3) is 0.115. The van der Waals surface area contributed by atoms with Crippen LogP contribution in [-0.2, 0) is 17.8 Å². The number of aromatic nitrogens is 2. The van der Waals surface area contributed by atoms with Gasteiger partial charge in [-0.1, -0.05) is 41.7 Å². The molecule has 0 radical (unpaired) electrons. The third-order valence-corrected chi connectivity index (χ3v) is 5.77. The number of amides is 2. The molecule has 0 aliphatic heterocycles. The number of halogens is 1. The van der Waals surface area contributed by atoms with Crippen LogP contribution >= 0.6 is 11.3 Å². The number of nitrogens with one attached hydrogen (secondary N) is 2. The maximum Gasteiger partial charge on any atom is 0.257 e. The number of hydrogen-bond donors (Lipinski definition) is 2. The summed E-state index contributed by atoms with van der Waals surface area (Å²) in [6, 6.07) is 19.9. The van der Waals surface area contributed by atoms with Crippen LogP contribution in [0, 0.1) is 5.82 Å². The summed E-state index contributed by atoms with van der Waals surface area (Å²) in [6.45, 7) is 0.253. The van der Waals surface area contributed by atoms with E-state index in [9.17, 15) is 14.0 Å². The Morgan fingerprint density at radius 3 is 2.57 bits per heavy atom.